The average Bonchev–Trinajstić information content (AvgIpc) is 3.15. The standard InChI is InChI=1S/C19H21N3O3S/c1-11-9-10-14(25-11)17(23)21-22-12(2)20-18-16(19(22)24)13-7-5-3-4-6-8-15(13)26-18/h9-10H,3-8H2,1-2H3,(H,21,23). The number of rotatable bonds is 2. The Balaban J connectivity index is 1.79. The molecule has 4 rings (SSSR count). The minimum atomic E-state index is -0.456. The zero-order valence-corrected chi connectivity index (χ0v) is 15.7. The summed E-state index contributed by atoms with van der Waals surface area (Å²) in [5.74, 6) is 0.831. The molecule has 3 aromatic heterocycles. The Morgan fingerprint density at radius 1 is 1.19 bits per heavy atom. The summed E-state index contributed by atoms with van der Waals surface area (Å²) in [6.07, 6.45) is 6.58. The number of carbonyl (C=O) groups is 1. The van der Waals surface area contributed by atoms with Crippen LogP contribution < -0.4 is 11.0 Å². The first-order chi connectivity index (χ1) is 12.5. The predicted molar refractivity (Wildman–Crippen MR) is 102 cm³/mol. The minimum absolute atomic E-state index is 0.175. The van der Waals surface area contributed by atoms with Gasteiger partial charge in [-0.15, -0.1) is 11.3 Å². The number of hydrogen-bond acceptors (Lipinski definition) is 5. The van der Waals surface area contributed by atoms with Gasteiger partial charge in [-0.2, -0.15) is 0 Å². The van der Waals surface area contributed by atoms with Gasteiger partial charge in [-0.1, -0.05) is 12.8 Å². The van der Waals surface area contributed by atoms with Crippen LogP contribution in [0.15, 0.2) is 21.3 Å². The summed E-state index contributed by atoms with van der Waals surface area (Å²) in [5.41, 5.74) is 3.56. The topological polar surface area (TPSA) is 77.1 Å². The van der Waals surface area contributed by atoms with Gasteiger partial charge in [0.05, 0.1) is 5.39 Å². The maximum Gasteiger partial charge on any atom is 0.305 e. The highest BCUT2D eigenvalue weighted by molar-refractivity contribution is 7.18. The molecule has 3 aromatic rings. The third-order valence-electron chi connectivity index (χ3n) is 4.83. The SMILES string of the molecule is Cc1ccc(C(=O)Nn2c(C)nc3sc4c(c3c2=O)CCCCCC4)o1. The predicted octanol–water partition coefficient (Wildman–Crippen LogP) is 3.71. The van der Waals surface area contributed by atoms with E-state index in [1.165, 1.54) is 22.4 Å². The van der Waals surface area contributed by atoms with Crippen LogP contribution in [0.3, 0.4) is 0 Å². The molecule has 0 atom stereocenters. The van der Waals surface area contributed by atoms with Crippen molar-refractivity contribution in [1.82, 2.24) is 9.66 Å². The van der Waals surface area contributed by atoms with E-state index in [9.17, 15) is 9.59 Å². The lowest BCUT2D eigenvalue weighted by Crippen LogP contribution is -2.35. The highest BCUT2D eigenvalue weighted by Gasteiger charge is 2.21. The number of aryl methyl sites for hydroxylation is 4. The molecule has 0 radical (unpaired) electrons. The molecule has 0 fully saturated rings. The maximum absolute atomic E-state index is 13.1. The Bertz CT molecular complexity index is 1040. The van der Waals surface area contributed by atoms with Crippen LogP contribution in [-0.2, 0) is 12.8 Å². The van der Waals surface area contributed by atoms with Crippen molar-refractivity contribution in [2.75, 3.05) is 5.43 Å². The lowest BCUT2D eigenvalue weighted by atomic mass is 9.98. The van der Waals surface area contributed by atoms with Gasteiger partial charge in [0.15, 0.2) is 5.76 Å². The Kier molecular flexibility index (Phi) is 4.40. The molecule has 1 aliphatic rings. The van der Waals surface area contributed by atoms with Crippen LogP contribution in [-0.4, -0.2) is 15.6 Å². The molecular weight excluding hydrogens is 350 g/mol. The number of hydrogen-bond donors (Lipinski definition) is 1. The minimum Gasteiger partial charge on any atom is -0.456 e. The lowest BCUT2D eigenvalue weighted by molar-refractivity contribution is 0.0979. The molecule has 7 heteroatoms. The molecule has 0 saturated carbocycles. The molecule has 1 amide bonds. The molecule has 0 bridgehead atoms. The number of fused-ring (bicyclic) bond motifs is 3. The second kappa shape index (κ2) is 6.72. The molecule has 0 saturated heterocycles. The van der Waals surface area contributed by atoms with Crippen LogP contribution in [0.2, 0.25) is 0 Å². The molecule has 1 N–H and O–H groups in total. The first kappa shape index (κ1) is 17.0. The largest absolute Gasteiger partial charge is 0.456 e. The summed E-state index contributed by atoms with van der Waals surface area (Å²) in [4.78, 5) is 32.2. The third kappa shape index (κ3) is 2.96. The molecule has 0 aromatic carbocycles. The van der Waals surface area contributed by atoms with Gasteiger partial charge >= 0.3 is 5.91 Å². The van der Waals surface area contributed by atoms with E-state index in [1.807, 2.05) is 0 Å². The van der Waals surface area contributed by atoms with Gasteiger partial charge in [0.2, 0.25) is 0 Å². The van der Waals surface area contributed by atoms with Crippen molar-refractivity contribution < 1.29 is 9.21 Å². The zero-order chi connectivity index (χ0) is 18.3. The summed E-state index contributed by atoms with van der Waals surface area (Å²) in [6.45, 7) is 3.50. The fourth-order valence-electron chi connectivity index (χ4n) is 3.50. The number of aromatic nitrogens is 2. The van der Waals surface area contributed by atoms with E-state index in [1.54, 1.807) is 37.3 Å². The van der Waals surface area contributed by atoms with Gasteiger partial charge in [0.1, 0.15) is 16.4 Å². The Morgan fingerprint density at radius 3 is 2.69 bits per heavy atom. The highest BCUT2D eigenvalue weighted by Crippen LogP contribution is 2.32. The van der Waals surface area contributed by atoms with E-state index in [4.69, 9.17) is 4.42 Å². The van der Waals surface area contributed by atoms with Gasteiger partial charge in [0, 0.05) is 4.88 Å². The number of nitrogens with one attached hydrogen (secondary N) is 1. The lowest BCUT2D eigenvalue weighted by Gasteiger charge is -2.11. The van der Waals surface area contributed by atoms with Crippen molar-refractivity contribution in [2.45, 2.75) is 52.4 Å². The number of furan rings is 1. The quantitative estimate of drug-likeness (QED) is 0.745. The molecule has 0 spiro atoms. The second-order valence-corrected chi connectivity index (χ2v) is 7.83. The number of nitrogens with zero attached hydrogens (tertiary/aromatic N) is 2. The van der Waals surface area contributed by atoms with Crippen molar-refractivity contribution >= 4 is 27.5 Å². The molecule has 26 heavy (non-hydrogen) atoms. The van der Waals surface area contributed by atoms with Gasteiger partial charge in [-0.25, -0.2) is 9.66 Å². The first-order valence-corrected chi connectivity index (χ1v) is 9.78. The van der Waals surface area contributed by atoms with Gasteiger partial charge in [-0.05, 0) is 57.2 Å². The average molecular weight is 371 g/mol. The Hall–Kier alpha value is -2.41. The van der Waals surface area contributed by atoms with Gasteiger partial charge in [-0.3, -0.25) is 15.0 Å². The monoisotopic (exact) mass is 371 g/mol. The van der Waals surface area contributed by atoms with E-state index >= 15 is 0 Å². The van der Waals surface area contributed by atoms with Crippen LogP contribution in [0.5, 0.6) is 0 Å². The van der Waals surface area contributed by atoms with Crippen LogP contribution in [0.1, 0.15) is 58.3 Å². The van der Waals surface area contributed by atoms with Crippen molar-refractivity contribution in [3.05, 3.63) is 50.3 Å². The van der Waals surface area contributed by atoms with Crippen molar-refractivity contribution in [1.29, 1.82) is 0 Å². The van der Waals surface area contributed by atoms with E-state index in [2.05, 4.69) is 10.4 Å². The number of carbonyl (C=O) groups excluding carboxylic acids is 1. The van der Waals surface area contributed by atoms with E-state index in [0.29, 0.717) is 17.0 Å². The third-order valence-corrected chi connectivity index (χ3v) is 6.02. The van der Waals surface area contributed by atoms with Crippen LogP contribution in [0.25, 0.3) is 10.2 Å². The molecular formula is C19H21N3O3S. The second-order valence-electron chi connectivity index (χ2n) is 6.75. The normalized spacial score (nSPS) is 14.7. The van der Waals surface area contributed by atoms with Crippen LogP contribution in [0.4, 0.5) is 0 Å². The summed E-state index contributed by atoms with van der Waals surface area (Å²) in [5, 5.41) is 0.661. The summed E-state index contributed by atoms with van der Waals surface area (Å²) in [6, 6.07) is 3.31. The number of thiophene rings is 1. The highest BCUT2D eigenvalue weighted by atomic mass is 32.1. The smallest absolute Gasteiger partial charge is 0.305 e. The van der Waals surface area contributed by atoms with Crippen LogP contribution >= 0.6 is 11.3 Å². The molecule has 6 nitrogen and oxygen atoms in total. The molecule has 0 aliphatic heterocycles. The summed E-state index contributed by atoms with van der Waals surface area (Å²) >= 11 is 1.62. The van der Waals surface area contributed by atoms with E-state index < -0.39 is 5.91 Å². The fourth-order valence-corrected chi connectivity index (χ4v) is 4.80. The maximum atomic E-state index is 13.1. The molecule has 1 aliphatic carbocycles. The van der Waals surface area contributed by atoms with Crippen LogP contribution in [0, 0.1) is 13.8 Å². The molecule has 0 unspecified atom stereocenters. The van der Waals surface area contributed by atoms with E-state index in [0.717, 1.165) is 36.1 Å². The van der Waals surface area contributed by atoms with Crippen molar-refractivity contribution in [3.8, 4) is 0 Å². The van der Waals surface area contributed by atoms with Crippen molar-refractivity contribution in [2.24, 2.45) is 0 Å². The fraction of sp³-hybridized carbons (Fsp3) is 0.421. The summed E-state index contributed by atoms with van der Waals surface area (Å²) < 4.78 is 6.59. The van der Waals surface area contributed by atoms with Gasteiger partial charge < -0.3 is 4.42 Å². The van der Waals surface area contributed by atoms with Gasteiger partial charge in [0.25, 0.3) is 5.56 Å². The molecule has 136 valence electrons. The first-order valence-electron chi connectivity index (χ1n) is 8.96. The Morgan fingerprint density at radius 2 is 1.96 bits per heavy atom. The zero-order valence-electron chi connectivity index (χ0n) is 14.9. The van der Waals surface area contributed by atoms with Crippen molar-refractivity contribution in [3.63, 3.8) is 0 Å². The van der Waals surface area contributed by atoms with E-state index in [-0.39, 0.29) is 11.3 Å². The Labute approximate surface area is 154 Å². The molecule has 3 heterocycles. The number of amides is 1. The summed E-state index contributed by atoms with van der Waals surface area (Å²) in [7, 11) is 0.